The zero-order chi connectivity index (χ0) is 10.4. The average Bonchev–Trinajstić information content (AvgIpc) is 1.98. The number of carbonyl (C=O) groups is 1. The van der Waals surface area contributed by atoms with Crippen LogP contribution in [-0.2, 0) is 4.79 Å². The molecule has 0 fully saturated rings. The van der Waals surface area contributed by atoms with Crippen molar-refractivity contribution in [2.75, 3.05) is 5.88 Å². The molecule has 1 unspecified atom stereocenters. The molecule has 1 N–H and O–H groups in total. The van der Waals surface area contributed by atoms with E-state index in [4.69, 9.17) is 11.6 Å². The topological polar surface area (TPSA) is 29.1 Å². The van der Waals surface area contributed by atoms with Crippen molar-refractivity contribution in [3.63, 3.8) is 0 Å². The molecule has 13 heavy (non-hydrogen) atoms. The number of alkyl halides is 1. The molecule has 0 bridgehead atoms. The van der Waals surface area contributed by atoms with Gasteiger partial charge < -0.3 is 5.32 Å². The Morgan fingerprint density at radius 1 is 1.31 bits per heavy atom. The van der Waals surface area contributed by atoms with Crippen LogP contribution in [0.5, 0.6) is 0 Å². The number of hydrogen-bond donors (Lipinski definition) is 1. The summed E-state index contributed by atoms with van der Waals surface area (Å²) >= 11 is 5.73. The Kier molecular flexibility index (Phi) is 6.13. The summed E-state index contributed by atoms with van der Waals surface area (Å²) in [5.74, 6) is 1.40. The van der Waals surface area contributed by atoms with Crippen LogP contribution in [0.3, 0.4) is 0 Å². The summed E-state index contributed by atoms with van der Waals surface area (Å²) in [6.45, 7) is 8.18. The zero-order valence-electron chi connectivity index (χ0n) is 8.93. The van der Waals surface area contributed by atoms with Crippen molar-refractivity contribution in [3.8, 4) is 0 Å². The highest BCUT2D eigenvalue weighted by Gasteiger charge is 2.15. The second-order valence-electron chi connectivity index (χ2n) is 4.17. The van der Waals surface area contributed by atoms with Gasteiger partial charge in [0.1, 0.15) is 0 Å². The molecule has 3 heteroatoms. The summed E-state index contributed by atoms with van der Waals surface area (Å²) < 4.78 is 0. The number of halogens is 1. The van der Waals surface area contributed by atoms with Crippen molar-refractivity contribution in [1.82, 2.24) is 5.32 Å². The van der Waals surface area contributed by atoms with Gasteiger partial charge in [-0.3, -0.25) is 4.79 Å². The van der Waals surface area contributed by atoms with Gasteiger partial charge in [-0.05, 0) is 11.8 Å². The third kappa shape index (κ3) is 5.92. The summed E-state index contributed by atoms with van der Waals surface area (Å²) in [6.07, 6.45) is 0.583. The first kappa shape index (κ1) is 12.8. The molecule has 0 aromatic rings. The molecule has 0 aliphatic rings. The Balaban J connectivity index is 3.87. The molecule has 0 aliphatic heterocycles. The summed E-state index contributed by atoms with van der Waals surface area (Å²) in [6, 6.07) is 0.105. The van der Waals surface area contributed by atoms with Gasteiger partial charge in [-0.2, -0.15) is 0 Å². The molecule has 78 valence electrons. The van der Waals surface area contributed by atoms with E-state index in [1.807, 2.05) is 13.8 Å². The molecule has 0 rings (SSSR count). The molecule has 0 aromatic heterocycles. The minimum absolute atomic E-state index is 0.105. The van der Waals surface area contributed by atoms with Crippen molar-refractivity contribution < 1.29 is 4.79 Å². The molecule has 0 saturated heterocycles. The van der Waals surface area contributed by atoms with Gasteiger partial charge in [-0.15, -0.1) is 11.6 Å². The molecular formula is C10H20ClNO. The number of hydrogen-bond acceptors (Lipinski definition) is 1. The Bertz CT molecular complexity index is 157. The van der Waals surface area contributed by atoms with Gasteiger partial charge in [0.15, 0.2) is 0 Å². The lowest BCUT2D eigenvalue weighted by Gasteiger charge is -2.20. The van der Waals surface area contributed by atoms with E-state index < -0.39 is 0 Å². The predicted molar refractivity (Wildman–Crippen MR) is 56.9 cm³/mol. The van der Waals surface area contributed by atoms with E-state index in [1.54, 1.807) is 0 Å². The first-order valence-electron chi connectivity index (χ1n) is 4.82. The smallest absolute Gasteiger partial charge is 0.220 e. The number of rotatable bonds is 5. The zero-order valence-corrected chi connectivity index (χ0v) is 9.69. The Morgan fingerprint density at radius 2 is 1.85 bits per heavy atom. The first-order chi connectivity index (χ1) is 5.97. The molecule has 0 radical (unpaired) electrons. The van der Waals surface area contributed by atoms with Crippen LogP contribution < -0.4 is 5.32 Å². The largest absolute Gasteiger partial charge is 0.352 e. The van der Waals surface area contributed by atoms with Crippen LogP contribution in [0.2, 0.25) is 0 Å². The van der Waals surface area contributed by atoms with E-state index in [-0.39, 0.29) is 11.9 Å². The Labute approximate surface area is 86.0 Å². The van der Waals surface area contributed by atoms with Gasteiger partial charge in [0.2, 0.25) is 5.91 Å². The van der Waals surface area contributed by atoms with Crippen LogP contribution in [0, 0.1) is 11.8 Å². The molecule has 0 aromatic carbocycles. The fourth-order valence-electron chi connectivity index (χ4n) is 1.02. The maximum absolute atomic E-state index is 11.4. The van der Waals surface area contributed by atoms with Crippen molar-refractivity contribution in [3.05, 3.63) is 0 Å². The summed E-state index contributed by atoms with van der Waals surface area (Å²) in [5, 5.41) is 2.93. The normalized spacial score (nSPS) is 13.5. The van der Waals surface area contributed by atoms with Gasteiger partial charge in [-0.1, -0.05) is 27.7 Å². The lowest BCUT2D eigenvalue weighted by atomic mass is 10.1. The van der Waals surface area contributed by atoms with Crippen molar-refractivity contribution in [2.45, 2.75) is 40.2 Å². The van der Waals surface area contributed by atoms with E-state index in [0.29, 0.717) is 24.1 Å². The van der Waals surface area contributed by atoms with Crippen LogP contribution in [0.4, 0.5) is 0 Å². The molecule has 2 nitrogen and oxygen atoms in total. The summed E-state index contributed by atoms with van der Waals surface area (Å²) in [4.78, 5) is 11.4. The lowest BCUT2D eigenvalue weighted by Crippen LogP contribution is -2.40. The Morgan fingerprint density at radius 3 is 2.15 bits per heavy atom. The Hall–Kier alpha value is -0.240. The fraction of sp³-hybridized carbons (Fsp3) is 0.900. The molecule has 1 amide bonds. The summed E-state index contributed by atoms with van der Waals surface area (Å²) in [5.41, 5.74) is 0. The molecular weight excluding hydrogens is 186 g/mol. The van der Waals surface area contributed by atoms with Gasteiger partial charge in [-0.25, -0.2) is 0 Å². The van der Waals surface area contributed by atoms with Crippen LogP contribution in [-0.4, -0.2) is 17.8 Å². The highest BCUT2D eigenvalue weighted by atomic mass is 35.5. The van der Waals surface area contributed by atoms with E-state index in [1.165, 1.54) is 0 Å². The molecule has 0 saturated carbocycles. The van der Waals surface area contributed by atoms with Crippen molar-refractivity contribution >= 4 is 17.5 Å². The summed E-state index contributed by atoms with van der Waals surface area (Å²) in [7, 11) is 0. The average molecular weight is 206 g/mol. The van der Waals surface area contributed by atoms with E-state index in [9.17, 15) is 4.79 Å². The van der Waals surface area contributed by atoms with Crippen LogP contribution in [0.1, 0.15) is 34.1 Å². The highest BCUT2D eigenvalue weighted by Crippen LogP contribution is 2.05. The monoisotopic (exact) mass is 205 g/mol. The maximum Gasteiger partial charge on any atom is 0.220 e. The minimum Gasteiger partial charge on any atom is -0.352 e. The van der Waals surface area contributed by atoms with Crippen LogP contribution in [0.25, 0.3) is 0 Å². The van der Waals surface area contributed by atoms with Crippen LogP contribution in [0.15, 0.2) is 0 Å². The maximum atomic E-state index is 11.4. The number of nitrogens with one attached hydrogen (secondary N) is 1. The molecule has 0 aliphatic carbocycles. The van der Waals surface area contributed by atoms with Gasteiger partial charge in [0.25, 0.3) is 0 Å². The first-order valence-corrected chi connectivity index (χ1v) is 5.36. The van der Waals surface area contributed by atoms with Crippen molar-refractivity contribution in [2.24, 2.45) is 11.8 Å². The van der Waals surface area contributed by atoms with E-state index in [2.05, 4.69) is 19.2 Å². The van der Waals surface area contributed by atoms with Crippen LogP contribution >= 0.6 is 11.6 Å². The SMILES string of the molecule is CC(C)CC(=O)NC(CCl)C(C)C. The molecule has 0 spiro atoms. The quantitative estimate of drug-likeness (QED) is 0.687. The van der Waals surface area contributed by atoms with Gasteiger partial charge >= 0.3 is 0 Å². The third-order valence-corrected chi connectivity index (χ3v) is 2.24. The predicted octanol–water partition coefficient (Wildman–Crippen LogP) is 2.41. The minimum atomic E-state index is 0.105. The molecule has 1 atom stereocenters. The second-order valence-corrected chi connectivity index (χ2v) is 4.48. The molecule has 0 heterocycles. The number of amides is 1. The highest BCUT2D eigenvalue weighted by molar-refractivity contribution is 6.18. The van der Waals surface area contributed by atoms with Gasteiger partial charge in [0, 0.05) is 18.3 Å². The lowest BCUT2D eigenvalue weighted by molar-refractivity contribution is -0.122. The van der Waals surface area contributed by atoms with E-state index in [0.717, 1.165) is 0 Å². The van der Waals surface area contributed by atoms with Gasteiger partial charge in [0.05, 0.1) is 0 Å². The standard InChI is InChI=1S/C10H20ClNO/c1-7(2)5-10(13)12-9(6-11)8(3)4/h7-9H,5-6H2,1-4H3,(H,12,13). The number of carbonyl (C=O) groups excluding carboxylic acids is 1. The van der Waals surface area contributed by atoms with Crippen molar-refractivity contribution in [1.29, 1.82) is 0 Å². The van der Waals surface area contributed by atoms with E-state index >= 15 is 0 Å². The second kappa shape index (κ2) is 6.25. The fourth-order valence-corrected chi connectivity index (χ4v) is 1.45. The third-order valence-electron chi connectivity index (χ3n) is 1.91.